The Hall–Kier alpha value is -2.51. The SMILES string of the molecule is O=C(O)c1cnc(Oc2cccc(C(F)(F)F)c2)o1. The van der Waals surface area contributed by atoms with Crippen LogP contribution in [-0.2, 0) is 6.18 Å². The molecular weight excluding hydrogens is 267 g/mol. The van der Waals surface area contributed by atoms with Crippen molar-refractivity contribution in [2.75, 3.05) is 0 Å². The van der Waals surface area contributed by atoms with Gasteiger partial charge in [-0.1, -0.05) is 6.07 Å². The van der Waals surface area contributed by atoms with Crippen LogP contribution in [-0.4, -0.2) is 16.1 Å². The minimum absolute atomic E-state index is 0.159. The predicted octanol–water partition coefficient (Wildman–Crippen LogP) is 3.18. The highest BCUT2D eigenvalue weighted by molar-refractivity contribution is 5.83. The van der Waals surface area contributed by atoms with Gasteiger partial charge in [-0.2, -0.15) is 18.2 Å². The molecular formula is C11H6F3NO4. The molecule has 0 spiro atoms. The summed E-state index contributed by atoms with van der Waals surface area (Å²) in [5.74, 6) is -1.98. The average Bonchev–Trinajstić information content (AvgIpc) is 2.77. The normalized spacial score (nSPS) is 11.3. The predicted molar refractivity (Wildman–Crippen MR) is 55.0 cm³/mol. The Morgan fingerprint density at radius 1 is 1.37 bits per heavy atom. The topological polar surface area (TPSA) is 72.6 Å². The number of alkyl halides is 3. The van der Waals surface area contributed by atoms with E-state index in [1.807, 2.05) is 0 Å². The lowest BCUT2D eigenvalue weighted by Crippen LogP contribution is -2.04. The number of halogens is 3. The third-order valence-electron chi connectivity index (χ3n) is 2.06. The molecule has 0 atom stereocenters. The van der Waals surface area contributed by atoms with E-state index in [0.29, 0.717) is 0 Å². The molecule has 0 amide bonds. The van der Waals surface area contributed by atoms with Crippen LogP contribution in [0, 0.1) is 0 Å². The van der Waals surface area contributed by atoms with Gasteiger partial charge in [-0.05, 0) is 18.2 Å². The summed E-state index contributed by atoms with van der Waals surface area (Å²) in [5, 5.41) is 8.58. The summed E-state index contributed by atoms with van der Waals surface area (Å²) < 4.78 is 46.9. The molecule has 0 aliphatic rings. The molecule has 19 heavy (non-hydrogen) atoms. The summed E-state index contributed by atoms with van der Waals surface area (Å²) in [7, 11) is 0. The Morgan fingerprint density at radius 2 is 2.11 bits per heavy atom. The number of hydrogen-bond acceptors (Lipinski definition) is 4. The van der Waals surface area contributed by atoms with E-state index in [0.717, 1.165) is 24.4 Å². The van der Waals surface area contributed by atoms with Gasteiger partial charge >= 0.3 is 18.2 Å². The van der Waals surface area contributed by atoms with Crippen molar-refractivity contribution < 1.29 is 32.2 Å². The smallest absolute Gasteiger partial charge is 0.416 e. The Bertz CT molecular complexity index is 606. The molecule has 1 N–H and O–H groups in total. The first-order valence-electron chi connectivity index (χ1n) is 4.90. The summed E-state index contributed by atoms with van der Waals surface area (Å²) in [6, 6.07) is 4.05. The number of ether oxygens (including phenoxy) is 1. The van der Waals surface area contributed by atoms with Gasteiger partial charge in [0.05, 0.1) is 11.8 Å². The molecule has 2 aromatic rings. The number of hydrogen-bond donors (Lipinski definition) is 1. The standard InChI is InChI=1S/C11H6F3NO4/c12-11(13,14)6-2-1-3-7(4-6)18-10-15-5-8(19-10)9(16)17/h1-5H,(H,16,17). The van der Waals surface area contributed by atoms with Crippen LogP contribution in [0.4, 0.5) is 13.2 Å². The molecule has 5 nitrogen and oxygen atoms in total. The monoisotopic (exact) mass is 273 g/mol. The average molecular weight is 273 g/mol. The molecule has 0 radical (unpaired) electrons. The fourth-order valence-electron chi connectivity index (χ4n) is 1.24. The van der Waals surface area contributed by atoms with Gasteiger partial charge in [0.25, 0.3) is 0 Å². The molecule has 0 bridgehead atoms. The fourth-order valence-corrected chi connectivity index (χ4v) is 1.24. The molecule has 0 aliphatic heterocycles. The number of carboxylic acid groups (broad SMARTS) is 1. The molecule has 8 heteroatoms. The van der Waals surface area contributed by atoms with Crippen LogP contribution in [0.2, 0.25) is 0 Å². The van der Waals surface area contributed by atoms with Crippen molar-refractivity contribution in [3.05, 3.63) is 41.8 Å². The third-order valence-corrected chi connectivity index (χ3v) is 2.06. The lowest BCUT2D eigenvalue weighted by Gasteiger charge is -2.07. The zero-order valence-electron chi connectivity index (χ0n) is 9.14. The van der Waals surface area contributed by atoms with Crippen LogP contribution in [0.1, 0.15) is 16.1 Å². The summed E-state index contributed by atoms with van der Waals surface area (Å²) in [6.45, 7) is 0. The summed E-state index contributed by atoms with van der Waals surface area (Å²) in [6.07, 6.45) is -4.05. The van der Waals surface area contributed by atoms with Crippen LogP contribution >= 0.6 is 0 Å². The number of benzene rings is 1. The summed E-state index contributed by atoms with van der Waals surface area (Å²) in [4.78, 5) is 14.0. The van der Waals surface area contributed by atoms with Crippen molar-refractivity contribution in [2.24, 2.45) is 0 Å². The highest BCUT2D eigenvalue weighted by Crippen LogP contribution is 2.32. The minimum Gasteiger partial charge on any atom is -0.475 e. The maximum atomic E-state index is 12.4. The Morgan fingerprint density at radius 3 is 2.68 bits per heavy atom. The number of aromatic carboxylic acids is 1. The van der Waals surface area contributed by atoms with Crippen molar-refractivity contribution in [3.63, 3.8) is 0 Å². The van der Waals surface area contributed by atoms with Gasteiger partial charge in [0, 0.05) is 0 Å². The Kier molecular flexibility index (Phi) is 3.16. The second kappa shape index (κ2) is 4.63. The van der Waals surface area contributed by atoms with Gasteiger partial charge in [-0.15, -0.1) is 0 Å². The first kappa shape index (κ1) is 12.9. The van der Waals surface area contributed by atoms with Gasteiger partial charge in [-0.3, -0.25) is 0 Å². The van der Waals surface area contributed by atoms with Gasteiger partial charge in [0.2, 0.25) is 5.76 Å². The zero-order chi connectivity index (χ0) is 14.0. The van der Waals surface area contributed by atoms with Gasteiger partial charge in [0.15, 0.2) is 0 Å². The number of carbonyl (C=O) groups is 1. The van der Waals surface area contributed by atoms with Crippen molar-refractivity contribution in [2.45, 2.75) is 6.18 Å². The summed E-state index contributed by atoms with van der Waals surface area (Å²) >= 11 is 0. The maximum absolute atomic E-state index is 12.4. The van der Waals surface area contributed by atoms with Gasteiger partial charge in [0.1, 0.15) is 5.75 Å². The molecule has 1 aromatic carbocycles. The van der Waals surface area contributed by atoms with E-state index in [1.54, 1.807) is 0 Å². The van der Waals surface area contributed by atoms with Crippen molar-refractivity contribution >= 4 is 5.97 Å². The van der Waals surface area contributed by atoms with E-state index in [-0.39, 0.29) is 5.75 Å². The van der Waals surface area contributed by atoms with E-state index in [2.05, 4.69) is 9.40 Å². The first-order chi connectivity index (χ1) is 8.86. The lowest BCUT2D eigenvalue weighted by atomic mass is 10.2. The molecule has 0 aliphatic carbocycles. The molecule has 1 heterocycles. The number of rotatable bonds is 3. The van der Waals surface area contributed by atoms with E-state index in [9.17, 15) is 18.0 Å². The van der Waals surface area contributed by atoms with E-state index in [1.165, 1.54) is 6.07 Å². The van der Waals surface area contributed by atoms with E-state index in [4.69, 9.17) is 9.84 Å². The largest absolute Gasteiger partial charge is 0.475 e. The Labute approximate surface area is 104 Å². The number of aromatic nitrogens is 1. The molecule has 1 aromatic heterocycles. The van der Waals surface area contributed by atoms with Crippen LogP contribution in [0.25, 0.3) is 0 Å². The van der Waals surface area contributed by atoms with Crippen molar-refractivity contribution in [1.82, 2.24) is 4.98 Å². The van der Waals surface area contributed by atoms with Crippen LogP contribution in [0.15, 0.2) is 34.9 Å². The highest BCUT2D eigenvalue weighted by atomic mass is 19.4. The van der Waals surface area contributed by atoms with Crippen LogP contribution in [0.5, 0.6) is 11.8 Å². The molecule has 0 saturated carbocycles. The second-order valence-electron chi connectivity index (χ2n) is 3.42. The second-order valence-corrected chi connectivity index (χ2v) is 3.42. The minimum atomic E-state index is -4.50. The Balaban J connectivity index is 2.21. The number of nitrogens with zero attached hydrogens (tertiary/aromatic N) is 1. The van der Waals surface area contributed by atoms with Gasteiger partial charge < -0.3 is 14.3 Å². The molecule has 0 unspecified atom stereocenters. The number of carboxylic acids is 1. The molecule has 2 rings (SSSR count). The highest BCUT2D eigenvalue weighted by Gasteiger charge is 2.30. The van der Waals surface area contributed by atoms with E-state index < -0.39 is 29.5 Å². The van der Waals surface area contributed by atoms with Crippen LogP contribution < -0.4 is 4.74 Å². The lowest BCUT2D eigenvalue weighted by molar-refractivity contribution is -0.137. The quantitative estimate of drug-likeness (QED) is 0.929. The number of oxazole rings is 1. The summed E-state index contributed by atoms with van der Waals surface area (Å²) in [5.41, 5.74) is -0.894. The third kappa shape index (κ3) is 3.03. The molecule has 100 valence electrons. The first-order valence-corrected chi connectivity index (χ1v) is 4.90. The van der Waals surface area contributed by atoms with Gasteiger partial charge in [-0.25, -0.2) is 4.79 Å². The van der Waals surface area contributed by atoms with E-state index >= 15 is 0 Å². The van der Waals surface area contributed by atoms with Crippen LogP contribution in [0.3, 0.4) is 0 Å². The maximum Gasteiger partial charge on any atom is 0.416 e. The van der Waals surface area contributed by atoms with Crippen molar-refractivity contribution in [1.29, 1.82) is 0 Å². The fraction of sp³-hybridized carbons (Fsp3) is 0.0909. The van der Waals surface area contributed by atoms with Crippen molar-refractivity contribution in [3.8, 4) is 11.8 Å². The molecule has 0 saturated heterocycles. The zero-order valence-corrected chi connectivity index (χ0v) is 9.14. The molecule has 0 fully saturated rings.